The Morgan fingerprint density at radius 2 is 1.88 bits per heavy atom. The molecular weight excluding hydrogens is 346 g/mol. The summed E-state index contributed by atoms with van der Waals surface area (Å²) in [6, 6.07) is 11.9. The van der Waals surface area contributed by atoms with Gasteiger partial charge in [0.15, 0.2) is 18.1 Å². The topological polar surface area (TPSA) is 73.9 Å². The van der Waals surface area contributed by atoms with Gasteiger partial charge in [0.05, 0.1) is 14.2 Å². The normalized spacial score (nSPS) is 10.0. The Kier molecular flexibility index (Phi) is 6.65. The van der Waals surface area contributed by atoms with Gasteiger partial charge in [-0.25, -0.2) is 4.79 Å². The van der Waals surface area contributed by atoms with Gasteiger partial charge in [-0.1, -0.05) is 23.7 Å². The van der Waals surface area contributed by atoms with Crippen LogP contribution < -0.4 is 14.8 Å². The molecule has 2 aromatic carbocycles. The quantitative estimate of drug-likeness (QED) is 0.766. The predicted molar refractivity (Wildman–Crippen MR) is 93.1 cm³/mol. The Morgan fingerprint density at radius 3 is 2.56 bits per heavy atom. The molecule has 2 rings (SSSR count). The molecule has 0 bridgehead atoms. The van der Waals surface area contributed by atoms with Crippen molar-refractivity contribution >= 4 is 23.5 Å². The molecule has 0 spiro atoms. The maximum Gasteiger partial charge on any atom is 0.343 e. The lowest BCUT2D eigenvalue weighted by Crippen LogP contribution is -2.22. The number of benzene rings is 2. The van der Waals surface area contributed by atoms with Crippen LogP contribution in [0.3, 0.4) is 0 Å². The van der Waals surface area contributed by atoms with Crippen LogP contribution >= 0.6 is 11.6 Å². The summed E-state index contributed by atoms with van der Waals surface area (Å²) in [5, 5.41) is 3.42. The molecule has 0 aliphatic carbocycles. The fraction of sp³-hybridized carbons (Fsp3) is 0.222. The molecule has 1 N–H and O–H groups in total. The van der Waals surface area contributed by atoms with Crippen LogP contribution in [0.25, 0.3) is 0 Å². The number of methoxy groups -OCH3 is 2. The molecule has 2 aromatic rings. The second-order valence-corrected chi connectivity index (χ2v) is 5.48. The first-order valence-corrected chi connectivity index (χ1v) is 7.81. The largest absolute Gasteiger partial charge is 0.493 e. The summed E-state index contributed by atoms with van der Waals surface area (Å²) in [5.41, 5.74) is 1.30. The van der Waals surface area contributed by atoms with Crippen LogP contribution in [0.15, 0.2) is 42.5 Å². The standard InChI is InChI=1S/C18H18ClNO5/c1-23-16-9-13(6-7-15(16)25-11-17(21)24-2)18(22)20-10-12-4-3-5-14(19)8-12/h3-9H,10-11H2,1-2H3,(H,20,22). The molecule has 0 heterocycles. The molecule has 0 aliphatic heterocycles. The Balaban J connectivity index is 2.03. The van der Waals surface area contributed by atoms with Crippen molar-refractivity contribution in [3.8, 4) is 11.5 Å². The number of ether oxygens (including phenoxy) is 3. The van der Waals surface area contributed by atoms with Gasteiger partial charge in [0.1, 0.15) is 0 Å². The first kappa shape index (κ1) is 18.6. The van der Waals surface area contributed by atoms with E-state index in [4.69, 9.17) is 21.1 Å². The van der Waals surface area contributed by atoms with Crippen LogP contribution in [0.1, 0.15) is 15.9 Å². The summed E-state index contributed by atoms with van der Waals surface area (Å²) in [6.07, 6.45) is 0. The highest BCUT2D eigenvalue weighted by Crippen LogP contribution is 2.28. The van der Waals surface area contributed by atoms with Crippen LogP contribution in [0.4, 0.5) is 0 Å². The molecule has 7 heteroatoms. The van der Waals surface area contributed by atoms with Crippen molar-refractivity contribution in [3.05, 3.63) is 58.6 Å². The Morgan fingerprint density at radius 1 is 1.08 bits per heavy atom. The van der Waals surface area contributed by atoms with E-state index in [-0.39, 0.29) is 12.5 Å². The van der Waals surface area contributed by atoms with Gasteiger partial charge < -0.3 is 19.5 Å². The molecule has 132 valence electrons. The lowest BCUT2D eigenvalue weighted by molar-refractivity contribution is -0.142. The second-order valence-electron chi connectivity index (χ2n) is 5.04. The van der Waals surface area contributed by atoms with Crippen molar-refractivity contribution in [2.75, 3.05) is 20.8 Å². The van der Waals surface area contributed by atoms with E-state index in [1.807, 2.05) is 12.1 Å². The van der Waals surface area contributed by atoms with Gasteiger partial charge in [0.25, 0.3) is 5.91 Å². The van der Waals surface area contributed by atoms with Gasteiger partial charge in [-0.15, -0.1) is 0 Å². The van der Waals surface area contributed by atoms with Gasteiger partial charge in [-0.2, -0.15) is 0 Å². The Bertz CT molecular complexity index is 763. The number of carbonyl (C=O) groups is 2. The number of nitrogens with one attached hydrogen (secondary N) is 1. The van der Waals surface area contributed by atoms with Gasteiger partial charge in [0.2, 0.25) is 0 Å². The smallest absolute Gasteiger partial charge is 0.343 e. The van der Waals surface area contributed by atoms with E-state index in [9.17, 15) is 9.59 Å². The number of hydrogen-bond donors (Lipinski definition) is 1. The zero-order valence-electron chi connectivity index (χ0n) is 13.9. The first-order valence-electron chi connectivity index (χ1n) is 7.43. The molecule has 0 aromatic heterocycles. The molecule has 0 atom stereocenters. The van der Waals surface area contributed by atoms with E-state index in [1.54, 1.807) is 30.3 Å². The number of rotatable bonds is 7. The number of hydrogen-bond acceptors (Lipinski definition) is 5. The summed E-state index contributed by atoms with van der Waals surface area (Å²) < 4.78 is 15.0. The summed E-state index contributed by atoms with van der Waals surface area (Å²) in [7, 11) is 2.73. The summed E-state index contributed by atoms with van der Waals surface area (Å²) in [6.45, 7) is 0.107. The highest BCUT2D eigenvalue weighted by atomic mass is 35.5. The third kappa shape index (κ3) is 5.39. The van der Waals surface area contributed by atoms with Crippen molar-refractivity contribution in [2.45, 2.75) is 6.54 Å². The Hall–Kier alpha value is -2.73. The van der Waals surface area contributed by atoms with Crippen molar-refractivity contribution in [1.29, 1.82) is 0 Å². The number of carbonyl (C=O) groups excluding carboxylic acids is 2. The minimum Gasteiger partial charge on any atom is -0.493 e. The fourth-order valence-corrected chi connectivity index (χ4v) is 2.27. The van der Waals surface area contributed by atoms with Crippen LogP contribution in [0, 0.1) is 0 Å². The van der Waals surface area contributed by atoms with E-state index < -0.39 is 5.97 Å². The molecule has 0 unspecified atom stereocenters. The van der Waals surface area contributed by atoms with Crippen LogP contribution in [-0.4, -0.2) is 32.7 Å². The number of esters is 1. The molecule has 25 heavy (non-hydrogen) atoms. The molecule has 0 saturated heterocycles. The first-order chi connectivity index (χ1) is 12.0. The van der Waals surface area contributed by atoms with E-state index >= 15 is 0 Å². The van der Waals surface area contributed by atoms with Gasteiger partial charge in [-0.05, 0) is 35.9 Å². The van der Waals surface area contributed by atoms with Crippen molar-refractivity contribution in [3.63, 3.8) is 0 Å². The molecule has 0 radical (unpaired) electrons. The predicted octanol–water partition coefficient (Wildman–Crippen LogP) is 2.83. The van der Waals surface area contributed by atoms with Crippen LogP contribution in [0.2, 0.25) is 5.02 Å². The SMILES string of the molecule is COC(=O)COc1ccc(C(=O)NCc2cccc(Cl)c2)cc1OC. The van der Waals surface area contributed by atoms with Crippen molar-refractivity contribution in [2.24, 2.45) is 0 Å². The fourth-order valence-electron chi connectivity index (χ4n) is 2.06. The summed E-state index contributed by atoms with van der Waals surface area (Å²) in [4.78, 5) is 23.4. The third-order valence-corrected chi connectivity index (χ3v) is 3.58. The van der Waals surface area contributed by atoms with Gasteiger partial charge in [0, 0.05) is 17.1 Å². The maximum absolute atomic E-state index is 12.3. The van der Waals surface area contributed by atoms with E-state index in [0.717, 1.165) is 5.56 Å². The number of halogens is 1. The van der Waals surface area contributed by atoms with E-state index in [2.05, 4.69) is 10.1 Å². The van der Waals surface area contributed by atoms with Crippen LogP contribution in [-0.2, 0) is 16.1 Å². The van der Waals surface area contributed by atoms with E-state index in [0.29, 0.717) is 28.6 Å². The summed E-state index contributed by atoms with van der Waals surface area (Å²) in [5.74, 6) is -0.0817. The maximum atomic E-state index is 12.3. The Labute approximate surface area is 150 Å². The summed E-state index contributed by atoms with van der Waals surface area (Å²) >= 11 is 5.92. The zero-order chi connectivity index (χ0) is 18.2. The molecule has 0 aliphatic rings. The average Bonchev–Trinajstić information content (AvgIpc) is 2.64. The minimum atomic E-state index is -0.509. The highest BCUT2D eigenvalue weighted by Gasteiger charge is 2.12. The van der Waals surface area contributed by atoms with Crippen LogP contribution in [0.5, 0.6) is 11.5 Å². The third-order valence-electron chi connectivity index (χ3n) is 3.34. The average molecular weight is 364 g/mol. The van der Waals surface area contributed by atoms with Gasteiger partial charge >= 0.3 is 5.97 Å². The zero-order valence-corrected chi connectivity index (χ0v) is 14.6. The second kappa shape index (κ2) is 8.94. The van der Waals surface area contributed by atoms with Crippen molar-refractivity contribution < 1.29 is 23.8 Å². The monoisotopic (exact) mass is 363 g/mol. The lowest BCUT2D eigenvalue weighted by atomic mass is 10.1. The number of amides is 1. The molecule has 6 nitrogen and oxygen atoms in total. The molecule has 0 fully saturated rings. The van der Waals surface area contributed by atoms with Gasteiger partial charge in [-0.3, -0.25) is 4.79 Å². The van der Waals surface area contributed by atoms with E-state index in [1.165, 1.54) is 14.2 Å². The molecular formula is C18H18ClNO5. The lowest BCUT2D eigenvalue weighted by Gasteiger charge is -2.12. The molecule has 0 saturated carbocycles. The highest BCUT2D eigenvalue weighted by molar-refractivity contribution is 6.30. The molecule has 1 amide bonds. The van der Waals surface area contributed by atoms with Crippen molar-refractivity contribution in [1.82, 2.24) is 5.32 Å². The minimum absolute atomic E-state index is 0.243.